The summed E-state index contributed by atoms with van der Waals surface area (Å²) in [5.74, 6) is 0. The van der Waals surface area contributed by atoms with Gasteiger partial charge in [-0.2, -0.15) is 0 Å². The van der Waals surface area contributed by atoms with E-state index in [0.717, 1.165) is 15.9 Å². The topological polar surface area (TPSA) is 72.1 Å². The molecule has 0 unspecified atom stereocenters. The van der Waals surface area contributed by atoms with Gasteiger partial charge in [0.25, 0.3) is 0 Å². The molecule has 5 nitrogen and oxygen atoms in total. The van der Waals surface area contributed by atoms with Gasteiger partial charge in [0.1, 0.15) is 0 Å². The lowest BCUT2D eigenvalue weighted by Gasteiger charge is -2.08. The van der Waals surface area contributed by atoms with Gasteiger partial charge in [0.2, 0.25) is 0 Å². The fourth-order valence-corrected chi connectivity index (χ4v) is 2.58. The van der Waals surface area contributed by atoms with Gasteiger partial charge in [-0.1, -0.05) is 23.5 Å². The highest BCUT2D eigenvalue weighted by Gasteiger charge is 2.04. The van der Waals surface area contributed by atoms with E-state index in [1.165, 1.54) is 11.3 Å². The third-order valence-electron chi connectivity index (χ3n) is 2.54. The Morgan fingerprint density at radius 2 is 2.21 bits per heavy atom. The standard InChI is InChI=1S/C12H14N4OS2/c1-8(14-15-11(13)18)6-7-16-9-4-2-3-5-10(9)19-12(16)17/h2-6,14H,7H2,1H3,(H3,13,15,18)/b8-6-. The van der Waals surface area contributed by atoms with Gasteiger partial charge in [-0.3, -0.25) is 14.8 Å². The van der Waals surface area contributed by atoms with Gasteiger partial charge in [-0.25, -0.2) is 0 Å². The van der Waals surface area contributed by atoms with E-state index in [1.807, 2.05) is 37.3 Å². The van der Waals surface area contributed by atoms with Crippen molar-refractivity contribution in [3.05, 3.63) is 45.7 Å². The van der Waals surface area contributed by atoms with Gasteiger partial charge in [0, 0.05) is 12.2 Å². The van der Waals surface area contributed by atoms with Crippen LogP contribution in [0.15, 0.2) is 40.8 Å². The Bertz CT molecular complexity index is 686. The molecule has 7 heteroatoms. The summed E-state index contributed by atoms with van der Waals surface area (Å²) in [5.41, 5.74) is 12.6. The fraction of sp³-hybridized carbons (Fsp3) is 0.167. The van der Waals surface area contributed by atoms with Crippen molar-refractivity contribution < 1.29 is 0 Å². The predicted molar refractivity (Wildman–Crippen MR) is 82.9 cm³/mol. The van der Waals surface area contributed by atoms with Crippen molar-refractivity contribution in [3.63, 3.8) is 0 Å². The van der Waals surface area contributed by atoms with Crippen LogP contribution >= 0.6 is 23.6 Å². The molecule has 0 saturated carbocycles. The van der Waals surface area contributed by atoms with Crippen LogP contribution in [0.3, 0.4) is 0 Å². The summed E-state index contributed by atoms with van der Waals surface area (Å²) >= 11 is 5.94. The molecular weight excluding hydrogens is 280 g/mol. The van der Waals surface area contributed by atoms with Crippen molar-refractivity contribution >= 4 is 38.9 Å². The van der Waals surface area contributed by atoms with E-state index < -0.39 is 0 Å². The van der Waals surface area contributed by atoms with E-state index in [9.17, 15) is 4.79 Å². The third-order valence-corrected chi connectivity index (χ3v) is 3.60. The summed E-state index contributed by atoms with van der Waals surface area (Å²) < 4.78 is 2.72. The van der Waals surface area contributed by atoms with Crippen molar-refractivity contribution in [2.24, 2.45) is 5.73 Å². The normalized spacial score (nSPS) is 11.5. The van der Waals surface area contributed by atoms with E-state index in [0.29, 0.717) is 6.54 Å². The summed E-state index contributed by atoms with van der Waals surface area (Å²) in [6.07, 6.45) is 1.89. The summed E-state index contributed by atoms with van der Waals surface area (Å²) in [7, 11) is 0. The number of benzene rings is 1. The van der Waals surface area contributed by atoms with Crippen molar-refractivity contribution in [2.75, 3.05) is 0 Å². The Hall–Kier alpha value is -1.86. The average molecular weight is 294 g/mol. The maximum atomic E-state index is 11.9. The van der Waals surface area contributed by atoms with Crippen LogP contribution in [0, 0.1) is 0 Å². The second-order valence-corrected chi connectivity index (χ2v) is 5.38. The van der Waals surface area contributed by atoms with Crippen LogP contribution in [-0.4, -0.2) is 9.68 Å². The first-order valence-electron chi connectivity index (χ1n) is 5.64. The molecule has 100 valence electrons. The number of para-hydroxylation sites is 1. The molecule has 0 spiro atoms. The Labute approximate surface area is 119 Å². The zero-order valence-electron chi connectivity index (χ0n) is 10.3. The molecule has 0 aliphatic rings. The van der Waals surface area contributed by atoms with Crippen molar-refractivity contribution in [1.29, 1.82) is 0 Å². The molecule has 4 N–H and O–H groups in total. The van der Waals surface area contributed by atoms with Gasteiger partial charge < -0.3 is 11.2 Å². The Morgan fingerprint density at radius 3 is 2.95 bits per heavy atom. The number of aromatic nitrogens is 1. The number of hydrazine groups is 1. The molecule has 1 heterocycles. The molecule has 1 aromatic carbocycles. The quantitative estimate of drug-likeness (QED) is 0.586. The highest BCUT2D eigenvalue weighted by atomic mass is 32.1. The molecule has 0 saturated heterocycles. The van der Waals surface area contributed by atoms with E-state index in [-0.39, 0.29) is 9.99 Å². The molecule has 2 aromatic rings. The van der Waals surface area contributed by atoms with Crippen molar-refractivity contribution in [1.82, 2.24) is 15.4 Å². The van der Waals surface area contributed by atoms with Gasteiger partial charge in [0.05, 0.1) is 10.2 Å². The Balaban J connectivity index is 2.17. The number of allylic oxidation sites excluding steroid dienone is 2. The van der Waals surface area contributed by atoms with E-state index in [4.69, 9.17) is 5.73 Å². The highest BCUT2D eigenvalue weighted by molar-refractivity contribution is 7.80. The number of nitrogens with one attached hydrogen (secondary N) is 2. The lowest BCUT2D eigenvalue weighted by molar-refractivity contribution is 0.746. The molecule has 0 radical (unpaired) electrons. The largest absolute Gasteiger partial charge is 0.375 e. The second-order valence-electron chi connectivity index (χ2n) is 3.95. The van der Waals surface area contributed by atoms with Crippen LogP contribution in [0.2, 0.25) is 0 Å². The molecule has 2 rings (SSSR count). The minimum Gasteiger partial charge on any atom is -0.375 e. The van der Waals surface area contributed by atoms with Crippen LogP contribution in [0.4, 0.5) is 0 Å². The molecular formula is C12H14N4OS2. The number of nitrogens with two attached hydrogens (primary N) is 1. The number of hydrogen-bond acceptors (Lipinski definition) is 4. The molecule has 0 amide bonds. The smallest absolute Gasteiger partial charge is 0.308 e. The molecule has 19 heavy (non-hydrogen) atoms. The van der Waals surface area contributed by atoms with Gasteiger partial charge in [-0.05, 0) is 37.4 Å². The van der Waals surface area contributed by atoms with E-state index in [2.05, 4.69) is 23.1 Å². The van der Waals surface area contributed by atoms with Crippen LogP contribution in [-0.2, 0) is 6.54 Å². The summed E-state index contributed by atoms with van der Waals surface area (Å²) in [6.45, 7) is 2.37. The number of rotatable bonds is 4. The zero-order valence-corrected chi connectivity index (χ0v) is 12.0. The number of nitrogens with zero attached hydrogens (tertiary/aromatic N) is 1. The molecule has 0 bridgehead atoms. The van der Waals surface area contributed by atoms with E-state index >= 15 is 0 Å². The lowest BCUT2D eigenvalue weighted by Crippen LogP contribution is -2.39. The van der Waals surface area contributed by atoms with Crippen LogP contribution in [0.25, 0.3) is 10.2 Å². The number of thiazole rings is 1. The number of fused-ring (bicyclic) bond motifs is 1. The summed E-state index contributed by atoms with van der Waals surface area (Å²) in [5, 5.41) is 0.172. The van der Waals surface area contributed by atoms with E-state index in [1.54, 1.807) is 4.57 Å². The van der Waals surface area contributed by atoms with Crippen LogP contribution in [0.5, 0.6) is 0 Å². The first kappa shape index (κ1) is 13.6. The monoisotopic (exact) mass is 294 g/mol. The first-order valence-corrected chi connectivity index (χ1v) is 6.87. The minimum absolute atomic E-state index is 0.0348. The first-order chi connectivity index (χ1) is 9.08. The van der Waals surface area contributed by atoms with Crippen molar-refractivity contribution in [3.8, 4) is 0 Å². The molecule has 0 atom stereocenters. The zero-order chi connectivity index (χ0) is 13.8. The second kappa shape index (κ2) is 5.85. The Kier molecular flexibility index (Phi) is 4.18. The maximum Gasteiger partial charge on any atom is 0.308 e. The molecule has 1 aromatic heterocycles. The maximum absolute atomic E-state index is 11.9. The predicted octanol–water partition coefficient (Wildman–Crippen LogP) is 1.30. The summed E-state index contributed by atoms with van der Waals surface area (Å²) in [4.78, 5) is 11.9. The third kappa shape index (κ3) is 3.33. The van der Waals surface area contributed by atoms with Gasteiger partial charge in [0.15, 0.2) is 5.11 Å². The summed E-state index contributed by atoms with van der Waals surface area (Å²) in [6, 6.07) is 7.74. The molecule has 0 aliphatic heterocycles. The lowest BCUT2D eigenvalue weighted by atomic mass is 10.3. The molecule has 0 fully saturated rings. The number of hydrogen-bond donors (Lipinski definition) is 3. The number of thiocarbonyl (C=S) groups is 1. The SMILES string of the molecule is C/C(=C/Cn1c(=O)sc2ccccc21)NNC(N)=S. The van der Waals surface area contributed by atoms with Crippen molar-refractivity contribution in [2.45, 2.75) is 13.5 Å². The van der Waals surface area contributed by atoms with Crippen LogP contribution < -0.4 is 21.5 Å². The minimum atomic E-state index is 0.0348. The van der Waals surface area contributed by atoms with Crippen LogP contribution in [0.1, 0.15) is 6.92 Å². The fourth-order valence-electron chi connectivity index (χ4n) is 1.63. The molecule has 0 aliphatic carbocycles. The highest BCUT2D eigenvalue weighted by Crippen LogP contribution is 2.16. The Morgan fingerprint density at radius 1 is 1.47 bits per heavy atom. The van der Waals surface area contributed by atoms with Gasteiger partial charge in [-0.15, -0.1) is 0 Å². The average Bonchev–Trinajstić information content (AvgIpc) is 2.69. The van der Waals surface area contributed by atoms with Gasteiger partial charge >= 0.3 is 4.87 Å².